The Balaban J connectivity index is 1.79. The van der Waals surface area contributed by atoms with Gasteiger partial charge in [-0.1, -0.05) is 41.4 Å². The zero-order chi connectivity index (χ0) is 20.3. The summed E-state index contributed by atoms with van der Waals surface area (Å²) in [6.07, 6.45) is 1.84. The molecule has 0 radical (unpaired) electrons. The van der Waals surface area contributed by atoms with Gasteiger partial charge in [0.15, 0.2) is 0 Å². The normalized spacial score (nSPS) is 11.2. The molecule has 3 aromatic carbocycles. The van der Waals surface area contributed by atoms with E-state index >= 15 is 0 Å². The molecule has 3 rings (SSSR count). The third-order valence-electron chi connectivity index (χ3n) is 4.13. The van der Waals surface area contributed by atoms with Crippen LogP contribution in [-0.2, 0) is 6.61 Å². The van der Waals surface area contributed by atoms with Crippen LogP contribution in [0.25, 0.3) is 0 Å². The van der Waals surface area contributed by atoms with Gasteiger partial charge in [-0.15, -0.1) is 0 Å². The smallest absolute Gasteiger partial charge is 0.148 e. The molecule has 3 aromatic rings. The Morgan fingerprint density at radius 3 is 2.36 bits per heavy atom. The number of halogens is 4. The van der Waals surface area contributed by atoms with E-state index in [-0.39, 0.29) is 0 Å². The van der Waals surface area contributed by atoms with Gasteiger partial charge in [0.25, 0.3) is 0 Å². The standard InChI is InChI=1S/C22H17Br2Cl2NO/c1-13-3-4-14(2)21(7-13)27-11-15-8-18(23)22(19(24)9-15)28-12-16-5-6-17(25)10-20(16)26/h3-11H,12H2,1-2H3. The average molecular weight is 542 g/mol. The van der Waals surface area contributed by atoms with E-state index in [2.05, 4.69) is 68.9 Å². The van der Waals surface area contributed by atoms with Crippen molar-refractivity contribution < 1.29 is 4.74 Å². The molecule has 0 fully saturated rings. The molecule has 144 valence electrons. The molecule has 0 saturated heterocycles. The topological polar surface area (TPSA) is 21.6 Å². The van der Waals surface area contributed by atoms with Crippen molar-refractivity contribution in [3.05, 3.63) is 89.8 Å². The van der Waals surface area contributed by atoms with Crippen LogP contribution in [0.5, 0.6) is 5.75 Å². The quantitative estimate of drug-likeness (QED) is 0.297. The van der Waals surface area contributed by atoms with E-state index in [4.69, 9.17) is 27.9 Å². The van der Waals surface area contributed by atoms with Gasteiger partial charge < -0.3 is 4.74 Å². The van der Waals surface area contributed by atoms with Gasteiger partial charge in [-0.05, 0) is 92.7 Å². The third kappa shape index (κ3) is 5.38. The summed E-state index contributed by atoms with van der Waals surface area (Å²) in [6, 6.07) is 15.5. The molecule has 28 heavy (non-hydrogen) atoms. The first-order valence-corrected chi connectivity index (χ1v) is 10.8. The van der Waals surface area contributed by atoms with Gasteiger partial charge in [0.05, 0.1) is 14.6 Å². The fourth-order valence-corrected chi connectivity index (χ4v) is 4.50. The SMILES string of the molecule is Cc1ccc(C)c(N=Cc2cc(Br)c(OCc3ccc(Cl)cc3Cl)c(Br)c2)c1. The highest BCUT2D eigenvalue weighted by Gasteiger charge is 2.10. The van der Waals surface area contributed by atoms with Gasteiger partial charge in [0, 0.05) is 21.8 Å². The van der Waals surface area contributed by atoms with Crippen LogP contribution in [0.3, 0.4) is 0 Å². The van der Waals surface area contributed by atoms with Gasteiger partial charge in [-0.3, -0.25) is 4.99 Å². The molecular weight excluding hydrogens is 525 g/mol. The number of benzene rings is 3. The summed E-state index contributed by atoms with van der Waals surface area (Å²) in [4.78, 5) is 4.62. The van der Waals surface area contributed by atoms with Crippen molar-refractivity contribution in [3.8, 4) is 5.75 Å². The molecule has 0 amide bonds. The molecule has 0 aliphatic rings. The van der Waals surface area contributed by atoms with E-state index in [9.17, 15) is 0 Å². The lowest BCUT2D eigenvalue weighted by molar-refractivity contribution is 0.302. The first-order chi connectivity index (χ1) is 13.3. The van der Waals surface area contributed by atoms with Gasteiger partial charge in [-0.25, -0.2) is 0 Å². The molecule has 0 aliphatic carbocycles. The second-order valence-corrected chi connectivity index (χ2v) is 8.94. The van der Waals surface area contributed by atoms with Crippen LogP contribution in [0.15, 0.2) is 62.5 Å². The molecule has 2 nitrogen and oxygen atoms in total. The number of nitrogens with zero attached hydrogens (tertiary/aromatic N) is 1. The molecule has 0 N–H and O–H groups in total. The van der Waals surface area contributed by atoms with Gasteiger partial charge in [0.1, 0.15) is 12.4 Å². The number of hydrogen-bond acceptors (Lipinski definition) is 2. The fraction of sp³-hybridized carbons (Fsp3) is 0.136. The monoisotopic (exact) mass is 539 g/mol. The summed E-state index contributed by atoms with van der Waals surface area (Å²) in [5.74, 6) is 0.704. The summed E-state index contributed by atoms with van der Waals surface area (Å²) in [5.41, 5.74) is 5.11. The number of ether oxygens (including phenoxy) is 1. The van der Waals surface area contributed by atoms with Crippen LogP contribution in [0.1, 0.15) is 22.3 Å². The van der Waals surface area contributed by atoms with Crippen LogP contribution in [0.2, 0.25) is 10.0 Å². The summed E-state index contributed by atoms with van der Waals surface area (Å²) in [6.45, 7) is 4.45. The van der Waals surface area contributed by atoms with E-state index < -0.39 is 0 Å². The number of aliphatic imine (C=N–C) groups is 1. The van der Waals surface area contributed by atoms with Crippen molar-refractivity contribution in [2.75, 3.05) is 0 Å². The number of rotatable bonds is 5. The minimum atomic E-state index is 0.336. The predicted molar refractivity (Wildman–Crippen MR) is 126 cm³/mol. The second kappa shape index (κ2) is 9.45. The first-order valence-electron chi connectivity index (χ1n) is 8.50. The third-order valence-corrected chi connectivity index (χ3v) is 5.89. The first kappa shape index (κ1) is 21.4. The fourth-order valence-electron chi connectivity index (χ4n) is 2.58. The maximum absolute atomic E-state index is 6.22. The van der Waals surface area contributed by atoms with Crippen molar-refractivity contribution in [3.63, 3.8) is 0 Å². The lowest BCUT2D eigenvalue weighted by Gasteiger charge is -2.12. The average Bonchev–Trinajstić information content (AvgIpc) is 2.63. The molecule has 0 spiro atoms. The zero-order valence-electron chi connectivity index (χ0n) is 15.3. The maximum Gasteiger partial charge on any atom is 0.148 e. The Hall–Kier alpha value is -1.33. The summed E-state index contributed by atoms with van der Waals surface area (Å²) >= 11 is 19.3. The minimum absolute atomic E-state index is 0.336. The van der Waals surface area contributed by atoms with Crippen molar-refractivity contribution in [1.29, 1.82) is 0 Å². The van der Waals surface area contributed by atoms with Crippen LogP contribution >= 0.6 is 55.1 Å². The van der Waals surface area contributed by atoms with Crippen LogP contribution in [0, 0.1) is 13.8 Å². The Kier molecular flexibility index (Phi) is 7.21. The van der Waals surface area contributed by atoms with Crippen molar-refractivity contribution in [2.24, 2.45) is 4.99 Å². The Bertz CT molecular complexity index is 1030. The van der Waals surface area contributed by atoms with E-state index in [1.165, 1.54) is 5.56 Å². The summed E-state index contributed by atoms with van der Waals surface area (Å²) in [7, 11) is 0. The van der Waals surface area contributed by atoms with E-state index in [1.807, 2.05) is 24.4 Å². The highest BCUT2D eigenvalue weighted by molar-refractivity contribution is 9.11. The van der Waals surface area contributed by atoms with E-state index in [1.54, 1.807) is 12.1 Å². The van der Waals surface area contributed by atoms with Crippen LogP contribution in [-0.4, -0.2) is 6.21 Å². The van der Waals surface area contributed by atoms with Gasteiger partial charge in [-0.2, -0.15) is 0 Å². The lowest BCUT2D eigenvalue weighted by atomic mass is 10.1. The summed E-state index contributed by atoms with van der Waals surface area (Å²) < 4.78 is 7.62. The molecule has 0 aliphatic heterocycles. The second-order valence-electron chi connectivity index (χ2n) is 6.39. The molecule has 0 saturated carbocycles. The molecule has 0 atom stereocenters. The highest BCUT2D eigenvalue weighted by atomic mass is 79.9. The zero-order valence-corrected chi connectivity index (χ0v) is 20.0. The molecule has 6 heteroatoms. The Morgan fingerprint density at radius 2 is 1.68 bits per heavy atom. The Morgan fingerprint density at radius 1 is 0.964 bits per heavy atom. The Labute approximate surface area is 191 Å². The maximum atomic E-state index is 6.22. The number of aryl methyl sites for hydroxylation is 2. The highest BCUT2D eigenvalue weighted by Crippen LogP contribution is 2.36. The van der Waals surface area contributed by atoms with Crippen molar-refractivity contribution >= 4 is 67.0 Å². The van der Waals surface area contributed by atoms with Crippen molar-refractivity contribution in [2.45, 2.75) is 20.5 Å². The number of hydrogen-bond donors (Lipinski definition) is 0. The van der Waals surface area contributed by atoms with E-state index in [0.717, 1.165) is 31.3 Å². The lowest BCUT2D eigenvalue weighted by Crippen LogP contribution is -1.98. The largest absolute Gasteiger partial charge is 0.486 e. The minimum Gasteiger partial charge on any atom is -0.486 e. The van der Waals surface area contributed by atoms with Gasteiger partial charge in [0.2, 0.25) is 0 Å². The predicted octanol–water partition coefficient (Wildman–Crippen LogP) is 8.46. The van der Waals surface area contributed by atoms with E-state index in [0.29, 0.717) is 22.4 Å². The van der Waals surface area contributed by atoms with Gasteiger partial charge >= 0.3 is 0 Å². The molecule has 0 bridgehead atoms. The summed E-state index contributed by atoms with van der Waals surface area (Å²) in [5, 5.41) is 1.18. The molecule has 0 unspecified atom stereocenters. The molecule has 0 aromatic heterocycles. The van der Waals surface area contributed by atoms with Crippen molar-refractivity contribution in [1.82, 2.24) is 0 Å². The molecule has 0 heterocycles. The molecular formula is C22H17Br2Cl2NO. The van der Waals surface area contributed by atoms with Crippen LogP contribution < -0.4 is 4.74 Å². The van der Waals surface area contributed by atoms with Crippen LogP contribution in [0.4, 0.5) is 5.69 Å².